The molecule has 1 aromatic heterocycles. The Labute approximate surface area is 109 Å². The third-order valence-corrected chi connectivity index (χ3v) is 2.52. The van der Waals surface area contributed by atoms with E-state index in [4.69, 9.17) is 22.2 Å². The lowest BCUT2D eigenvalue weighted by Gasteiger charge is -2.09. The number of nitrogens with one attached hydrogen (secondary N) is 2. The van der Waals surface area contributed by atoms with Crippen LogP contribution in [-0.2, 0) is 0 Å². The number of nitrogens with two attached hydrogens (primary N) is 1. The molecule has 2 rings (SSSR count). The van der Waals surface area contributed by atoms with Gasteiger partial charge in [-0.2, -0.15) is 4.98 Å². The van der Waals surface area contributed by atoms with E-state index in [0.717, 1.165) is 5.69 Å². The highest BCUT2D eigenvalue weighted by Crippen LogP contribution is 2.28. The van der Waals surface area contributed by atoms with Crippen LogP contribution < -0.4 is 21.3 Å². The van der Waals surface area contributed by atoms with Crippen LogP contribution in [0.5, 0.6) is 5.75 Å². The molecule has 0 saturated carbocycles. The summed E-state index contributed by atoms with van der Waals surface area (Å²) in [4.78, 5) is 8.05. The summed E-state index contributed by atoms with van der Waals surface area (Å²) < 4.78 is 5.13. The maximum atomic E-state index is 5.94. The highest BCUT2D eigenvalue weighted by Gasteiger charge is 2.03. The van der Waals surface area contributed by atoms with E-state index in [-0.39, 0.29) is 0 Å². The molecule has 6 nitrogen and oxygen atoms in total. The summed E-state index contributed by atoms with van der Waals surface area (Å²) in [6, 6.07) is 7.07. The second-order valence-electron chi connectivity index (χ2n) is 3.38. The van der Waals surface area contributed by atoms with Gasteiger partial charge in [-0.05, 0) is 18.2 Å². The molecule has 18 heavy (non-hydrogen) atoms. The van der Waals surface area contributed by atoms with Crippen LogP contribution in [0, 0.1) is 0 Å². The molecule has 1 heterocycles. The average Bonchev–Trinajstić information content (AvgIpc) is 2.41. The van der Waals surface area contributed by atoms with Crippen molar-refractivity contribution in [1.82, 2.24) is 9.97 Å². The van der Waals surface area contributed by atoms with Crippen molar-refractivity contribution in [2.75, 3.05) is 17.9 Å². The van der Waals surface area contributed by atoms with Crippen LogP contribution in [-0.4, -0.2) is 17.1 Å². The van der Waals surface area contributed by atoms with Gasteiger partial charge in [0, 0.05) is 18.0 Å². The summed E-state index contributed by atoms with van der Waals surface area (Å²) >= 11 is 5.94. The SMILES string of the molecule is COc1cc(Nc2ccnc(NN)n2)ccc1Cl. The molecule has 0 atom stereocenters. The fraction of sp³-hybridized carbons (Fsp3) is 0.0909. The van der Waals surface area contributed by atoms with Crippen LogP contribution >= 0.6 is 11.6 Å². The lowest BCUT2D eigenvalue weighted by atomic mass is 10.3. The third kappa shape index (κ3) is 2.79. The molecular weight excluding hydrogens is 254 g/mol. The first kappa shape index (κ1) is 12.4. The van der Waals surface area contributed by atoms with Crippen molar-refractivity contribution in [2.24, 2.45) is 5.84 Å². The summed E-state index contributed by atoms with van der Waals surface area (Å²) in [7, 11) is 1.56. The van der Waals surface area contributed by atoms with E-state index in [9.17, 15) is 0 Å². The van der Waals surface area contributed by atoms with Gasteiger partial charge >= 0.3 is 0 Å². The van der Waals surface area contributed by atoms with Crippen molar-refractivity contribution < 1.29 is 4.74 Å². The van der Waals surface area contributed by atoms with Crippen LogP contribution in [0.3, 0.4) is 0 Å². The van der Waals surface area contributed by atoms with Crippen LogP contribution in [0.1, 0.15) is 0 Å². The molecule has 0 saturated heterocycles. The van der Waals surface area contributed by atoms with Gasteiger partial charge in [0.15, 0.2) is 0 Å². The lowest BCUT2D eigenvalue weighted by molar-refractivity contribution is 0.415. The molecule has 0 bridgehead atoms. The number of benzene rings is 1. The van der Waals surface area contributed by atoms with Crippen molar-refractivity contribution in [3.63, 3.8) is 0 Å². The number of ether oxygens (including phenoxy) is 1. The van der Waals surface area contributed by atoms with Crippen molar-refractivity contribution in [3.05, 3.63) is 35.5 Å². The minimum Gasteiger partial charge on any atom is -0.495 e. The highest BCUT2D eigenvalue weighted by atomic mass is 35.5. The number of methoxy groups -OCH3 is 1. The van der Waals surface area contributed by atoms with E-state index in [1.165, 1.54) is 0 Å². The summed E-state index contributed by atoms with van der Waals surface area (Å²) in [6.45, 7) is 0. The molecule has 0 aliphatic rings. The largest absolute Gasteiger partial charge is 0.495 e. The molecule has 0 aliphatic carbocycles. The van der Waals surface area contributed by atoms with E-state index < -0.39 is 0 Å². The average molecular weight is 266 g/mol. The molecule has 7 heteroatoms. The molecule has 1 aromatic carbocycles. The number of hydrazine groups is 1. The molecule has 0 amide bonds. The van der Waals surface area contributed by atoms with E-state index in [2.05, 4.69) is 20.7 Å². The Kier molecular flexibility index (Phi) is 3.81. The first-order valence-electron chi connectivity index (χ1n) is 5.13. The summed E-state index contributed by atoms with van der Waals surface area (Å²) in [5.41, 5.74) is 3.18. The molecular formula is C11H12ClN5O. The van der Waals surface area contributed by atoms with Crippen LogP contribution in [0.25, 0.3) is 0 Å². The zero-order chi connectivity index (χ0) is 13.0. The van der Waals surface area contributed by atoms with E-state index in [1.54, 1.807) is 31.5 Å². The van der Waals surface area contributed by atoms with Gasteiger partial charge in [-0.1, -0.05) is 11.6 Å². The van der Waals surface area contributed by atoms with E-state index in [0.29, 0.717) is 22.5 Å². The number of nitrogen functional groups attached to an aromatic ring is 1. The Morgan fingerprint density at radius 2 is 2.17 bits per heavy atom. The molecule has 0 aliphatic heterocycles. The number of hydrogen-bond acceptors (Lipinski definition) is 6. The number of nitrogens with zero attached hydrogens (tertiary/aromatic N) is 2. The molecule has 0 radical (unpaired) electrons. The maximum absolute atomic E-state index is 5.94. The monoisotopic (exact) mass is 265 g/mol. The molecule has 0 spiro atoms. The van der Waals surface area contributed by atoms with E-state index >= 15 is 0 Å². The van der Waals surface area contributed by atoms with Gasteiger partial charge in [-0.3, -0.25) is 5.43 Å². The lowest BCUT2D eigenvalue weighted by Crippen LogP contribution is -2.10. The fourth-order valence-corrected chi connectivity index (χ4v) is 1.58. The Morgan fingerprint density at radius 3 is 2.89 bits per heavy atom. The first-order chi connectivity index (χ1) is 8.72. The van der Waals surface area contributed by atoms with Gasteiger partial charge in [-0.15, -0.1) is 0 Å². The Bertz CT molecular complexity index is 549. The second-order valence-corrected chi connectivity index (χ2v) is 3.79. The van der Waals surface area contributed by atoms with Gasteiger partial charge in [0.2, 0.25) is 5.95 Å². The number of halogens is 1. The van der Waals surface area contributed by atoms with E-state index in [1.807, 2.05) is 6.07 Å². The standard InChI is InChI=1S/C11H12ClN5O/c1-18-9-6-7(2-3-8(9)12)15-10-4-5-14-11(16-10)17-13/h2-6H,13H2,1H3,(H2,14,15,16,17). The van der Waals surface area contributed by atoms with Gasteiger partial charge < -0.3 is 10.1 Å². The van der Waals surface area contributed by atoms with Gasteiger partial charge in [0.1, 0.15) is 11.6 Å². The number of aromatic nitrogens is 2. The summed E-state index contributed by atoms with van der Waals surface area (Å²) in [6.07, 6.45) is 1.59. The molecule has 0 unspecified atom stereocenters. The smallest absolute Gasteiger partial charge is 0.239 e. The van der Waals surface area contributed by atoms with Gasteiger partial charge in [0.25, 0.3) is 0 Å². The molecule has 0 fully saturated rings. The van der Waals surface area contributed by atoms with Crippen LogP contribution in [0.4, 0.5) is 17.5 Å². The van der Waals surface area contributed by atoms with Crippen molar-refractivity contribution >= 4 is 29.1 Å². The third-order valence-electron chi connectivity index (χ3n) is 2.21. The van der Waals surface area contributed by atoms with Crippen LogP contribution in [0.15, 0.2) is 30.5 Å². The predicted octanol–water partition coefficient (Wildman–Crippen LogP) is 2.17. The minimum atomic E-state index is 0.334. The second kappa shape index (κ2) is 5.52. The Balaban J connectivity index is 2.22. The summed E-state index contributed by atoms with van der Waals surface area (Å²) in [5.74, 6) is 6.78. The molecule has 4 N–H and O–H groups in total. The topological polar surface area (TPSA) is 85.1 Å². The quantitative estimate of drug-likeness (QED) is 0.580. The van der Waals surface area contributed by atoms with Crippen molar-refractivity contribution in [3.8, 4) is 5.75 Å². The zero-order valence-electron chi connectivity index (χ0n) is 9.64. The maximum Gasteiger partial charge on any atom is 0.239 e. The zero-order valence-corrected chi connectivity index (χ0v) is 10.4. The van der Waals surface area contributed by atoms with Crippen molar-refractivity contribution in [2.45, 2.75) is 0 Å². The van der Waals surface area contributed by atoms with Gasteiger partial charge in [0.05, 0.1) is 12.1 Å². The highest BCUT2D eigenvalue weighted by molar-refractivity contribution is 6.32. The minimum absolute atomic E-state index is 0.334. The number of rotatable bonds is 4. The summed E-state index contributed by atoms with van der Waals surface area (Å²) in [5, 5.41) is 3.65. The van der Waals surface area contributed by atoms with Crippen LogP contribution in [0.2, 0.25) is 5.02 Å². The van der Waals surface area contributed by atoms with Crippen molar-refractivity contribution in [1.29, 1.82) is 0 Å². The Morgan fingerprint density at radius 1 is 1.33 bits per heavy atom. The molecule has 2 aromatic rings. The number of hydrogen-bond donors (Lipinski definition) is 3. The predicted molar refractivity (Wildman–Crippen MR) is 71.1 cm³/mol. The fourth-order valence-electron chi connectivity index (χ4n) is 1.38. The molecule has 94 valence electrons. The Hall–Kier alpha value is -2.05. The normalized spacial score (nSPS) is 9.94. The van der Waals surface area contributed by atoms with Gasteiger partial charge in [-0.25, -0.2) is 10.8 Å². The first-order valence-corrected chi connectivity index (χ1v) is 5.51. The number of anilines is 3.